The third kappa shape index (κ3) is 6.54. The lowest BCUT2D eigenvalue weighted by molar-refractivity contribution is -0.118. The zero-order valence-corrected chi connectivity index (χ0v) is 15.4. The molecule has 7 heteroatoms. The molecule has 0 radical (unpaired) electrons. The van der Waals surface area contributed by atoms with E-state index < -0.39 is 0 Å². The van der Waals surface area contributed by atoms with Gasteiger partial charge in [-0.25, -0.2) is 9.78 Å². The van der Waals surface area contributed by atoms with Gasteiger partial charge in [0.2, 0.25) is 0 Å². The van der Waals surface area contributed by atoms with E-state index in [1.807, 2.05) is 6.92 Å². The second kappa shape index (κ2) is 9.78. The molecule has 25 heavy (non-hydrogen) atoms. The molecule has 2 rings (SSSR count). The van der Waals surface area contributed by atoms with Gasteiger partial charge < -0.3 is 14.8 Å². The Kier molecular flexibility index (Phi) is 7.40. The normalized spacial score (nSPS) is 10.2. The molecule has 0 aliphatic rings. The highest BCUT2D eigenvalue weighted by molar-refractivity contribution is 9.10. The van der Waals surface area contributed by atoms with Crippen LogP contribution in [0.2, 0.25) is 0 Å². The molecule has 0 aliphatic heterocycles. The van der Waals surface area contributed by atoms with Crippen molar-refractivity contribution in [2.24, 2.45) is 0 Å². The topological polar surface area (TPSA) is 77.5 Å². The molecule has 0 fully saturated rings. The van der Waals surface area contributed by atoms with Gasteiger partial charge in [-0.3, -0.25) is 4.79 Å². The van der Waals surface area contributed by atoms with E-state index in [4.69, 9.17) is 9.47 Å². The van der Waals surface area contributed by atoms with Gasteiger partial charge in [-0.15, -0.1) is 0 Å². The fraction of sp³-hybridized carbons (Fsp3) is 0.278. The number of hydrogen-bond donors (Lipinski definition) is 1. The minimum absolute atomic E-state index is 0.155. The van der Waals surface area contributed by atoms with Crippen molar-refractivity contribution in [3.05, 3.63) is 52.6 Å². The number of pyridine rings is 1. The monoisotopic (exact) mass is 406 g/mol. The molecular weight excluding hydrogens is 388 g/mol. The number of ether oxygens (including phenoxy) is 2. The fourth-order valence-corrected chi connectivity index (χ4v) is 2.09. The number of nitrogens with one attached hydrogen (secondary N) is 1. The van der Waals surface area contributed by atoms with Gasteiger partial charge >= 0.3 is 5.97 Å². The van der Waals surface area contributed by atoms with E-state index in [1.165, 1.54) is 0 Å². The van der Waals surface area contributed by atoms with Gasteiger partial charge in [0.15, 0.2) is 6.61 Å². The van der Waals surface area contributed by atoms with Gasteiger partial charge in [0.05, 0.1) is 12.2 Å². The minimum Gasteiger partial charge on any atom is -0.484 e. The Bertz CT molecular complexity index is 702. The average Bonchev–Trinajstić information content (AvgIpc) is 2.62. The second-order valence-corrected chi connectivity index (χ2v) is 6.13. The number of nitrogens with zero attached hydrogens (tertiary/aromatic N) is 1. The van der Waals surface area contributed by atoms with Crippen molar-refractivity contribution in [2.45, 2.75) is 19.8 Å². The van der Waals surface area contributed by atoms with Crippen LogP contribution < -0.4 is 10.1 Å². The van der Waals surface area contributed by atoms with Gasteiger partial charge in [0, 0.05) is 10.7 Å². The Morgan fingerprint density at radius 3 is 2.56 bits per heavy atom. The van der Waals surface area contributed by atoms with Crippen molar-refractivity contribution in [1.29, 1.82) is 0 Å². The van der Waals surface area contributed by atoms with Crippen LogP contribution in [-0.4, -0.2) is 30.1 Å². The van der Waals surface area contributed by atoms with E-state index >= 15 is 0 Å². The Labute approximate surface area is 154 Å². The number of amides is 1. The fourth-order valence-electron chi connectivity index (χ4n) is 1.86. The number of anilines is 1. The van der Waals surface area contributed by atoms with Crippen molar-refractivity contribution >= 4 is 33.6 Å². The first-order valence-electron chi connectivity index (χ1n) is 7.90. The molecule has 1 aromatic heterocycles. The summed E-state index contributed by atoms with van der Waals surface area (Å²) in [5, 5.41) is 2.63. The lowest BCUT2D eigenvalue weighted by Crippen LogP contribution is -2.20. The molecule has 1 aromatic carbocycles. The van der Waals surface area contributed by atoms with E-state index in [0.717, 1.165) is 17.3 Å². The average molecular weight is 407 g/mol. The molecular formula is C18H19BrN2O4. The largest absolute Gasteiger partial charge is 0.484 e. The molecule has 0 saturated heterocycles. The Balaban J connectivity index is 1.79. The maximum absolute atomic E-state index is 11.8. The number of aromatic nitrogens is 1. The van der Waals surface area contributed by atoms with Gasteiger partial charge in [-0.05, 0) is 58.7 Å². The standard InChI is InChI=1S/C18H19BrN2O4/c1-2-3-10-24-18(23)13-4-7-15(8-5-13)25-12-17(22)21-16-9-6-14(19)11-20-16/h4-9,11H,2-3,10,12H2,1H3,(H,20,21,22). The third-order valence-electron chi connectivity index (χ3n) is 3.19. The number of unbranched alkanes of at least 4 members (excludes halogenated alkanes) is 1. The van der Waals surface area contributed by atoms with Gasteiger partial charge in [-0.1, -0.05) is 13.3 Å². The third-order valence-corrected chi connectivity index (χ3v) is 3.65. The quantitative estimate of drug-likeness (QED) is 0.532. The van der Waals surface area contributed by atoms with Crippen LogP contribution in [-0.2, 0) is 9.53 Å². The van der Waals surface area contributed by atoms with E-state index in [1.54, 1.807) is 42.6 Å². The molecule has 0 unspecified atom stereocenters. The molecule has 2 aromatic rings. The summed E-state index contributed by atoms with van der Waals surface area (Å²) >= 11 is 3.27. The van der Waals surface area contributed by atoms with Crippen molar-refractivity contribution in [3.8, 4) is 5.75 Å². The molecule has 0 atom stereocenters. The minimum atomic E-state index is -0.362. The molecule has 0 saturated carbocycles. The molecule has 0 spiro atoms. The molecule has 1 N–H and O–H groups in total. The van der Waals surface area contributed by atoms with Crippen LogP contribution >= 0.6 is 15.9 Å². The Morgan fingerprint density at radius 1 is 1.16 bits per heavy atom. The number of carbonyl (C=O) groups is 2. The lowest BCUT2D eigenvalue weighted by Gasteiger charge is -2.08. The van der Waals surface area contributed by atoms with Crippen molar-refractivity contribution in [3.63, 3.8) is 0 Å². The van der Waals surface area contributed by atoms with E-state index in [2.05, 4.69) is 26.2 Å². The summed E-state index contributed by atoms with van der Waals surface area (Å²) in [6, 6.07) is 9.93. The Hall–Kier alpha value is -2.41. The molecule has 6 nitrogen and oxygen atoms in total. The predicted octanol–water partition coefficient (Wildman–Crippen LogP) is 3.82. The first-order valence-corrected chi connectivity index (χ1v) is 8.69. The highest BCUT2D eigenvalue weighted by Crippen LogP contribution is 2.14. The predicted molar refractivity (Wildman–Crippen MR) is 97.7 cm³/mol. The summed E-state index contributed by atoms with van der Waals surface area (Å²) in [5.74, 6) is 0.253. The summed E-state index contributed by atoms with van der Waals surface area (Å²) in [6.07, 6.45) is 3.40. The maximum Gasteiger partial charge on any atom is 0.338 e. The number of carbonyl (C=O) groups excluding carboxylic acids is 2. The molecule has 1 heterocycles. The van der Waals surface area contributed by atoms with E-state index in [9.17, 15) is 9.59 Å². The summed E-state index contributed by atoms with van der Waals surface area (Å²) in [5.41, 5.74) is 0.451. The van der Waals surface area contributed by atoms with Crippen molar-refractivity contribution < 1.29 is 19.1 Å². The number of esters is 1. The van der Waals surface area contributed by atoms with Crippen LogP contribution in [0.15, 0.2) is 47.1 Å². The highest BCUT2D eigenvalue weighted by Gasteiger charge is 2.08. The number of hydrogen-bond acceptors (Lipinski definition) is 5. The van der Waals surface area contributed by atoms with Crippen LogP contribution in [0.25, 0.3) is 0 Å². The SMILES string of the molecule is CCCCOC(=O)c1ccc(OCC(=O)Nc2ccc(Br)cn2)cc1. The van der Waals surface area contributed by atoms with Crippen LogP contribution in [0.5, 0.6) is 5.75 Å². The smallest absolute Gasteiger partial charge is 0.338 e. The van der Waals surface area contributed by atoms with E-state index in [0.29, 0.717) is 23.7 Å². The van der Waals surface area contributed by atoms with Gasteiger partial charge in [-0.2, -0.15) is 0 Å². The van der Waals surface area contributed by atoms with Crippen LogP contribution in [0.3, 0.4) is 0 Å². The zero-order valence-electron chi connectivity index (χ0n) is 13.8. The molecule has 0 aliphatic carbocycles. The van der Waals surface area contributed by atoms with Crippen LogP contribution in [0.1, 0.15) is 30.1 Å². The lowest BCUT2D eigenvalue weighted by atomic mass is 10.2. The summed E-state index contributed by atoms with van der Waals surface area (Å²) < 4.78 is 11.4. The molecule has 0 bridgehead atoms. The second-order valence-electron chi connectivity index (χ2n) is 5.21. The molecule has 132 valence electrons. The number of halogens is 1. The van der Waals surface area contributed by atoms with Crippen LogP contribution in [0.4, 0.5) is 5.82 Å². The van der Waals surface area contributed by atoms with Crippen molar-refractivity contribution in [2.75, 3.05) is 18.5 Å². The summed E-state index contributed by atoms with van der Waals surface area (Å²) in [6.45, 7) is 2.29. The van der Waals surface area contributed by atoms with Gasteiger partial charge in [0.1, 0.15) is 11.6 Å². The number of benzene rings is 1. The summed E-state index contributed by atoms with van der Waals surface area (Å²) in [7, 11) is 0. The maximum atomic E-state index is 11.8. The van der Waals surface area contributed by atoms with E-state index in [-0.39, 0.29) is 18.5 Å². The zero-order chi connectivity index (χ0) is 18.1. The highest BCUT2D eigenvalue weighted by atomic mass is 79.9. The van der Waals surface area contributed by atoms with Crippen LogP contribution in [0, 0.1) is 0 Å². The summed E-state index contributed by atoms with van der Waals surface area (Å²) in [4.78, 5) is 27.7. The number of rotatable bonds is 8. The van der Waals surface area contributed by atoms with Gasteiger partial charge in [0.25, 0.3) is 5.91 Å². The molecule has 1 amide bonds. The Morgan fingerprint density at radius 2 is 1.92 bits per heavy atom. The van der Waals surface area contributed by atoms with Crippen molar-refractivity contribution in [1.82, 2.24) is 4.98 Å². The first-order chi connectivity index (χ1) is 12.1. The first kappa shape index (κ1) is 18.9.